The van der Waals surface area contributed by atoms with Crippen LogP contribution in [0.1, 0.15) is 35.6 Å². The first-order valence-electron chi connectivity index (χ1n) is 8.36. The van der Waals surface area contributed by atoms with Gasteiger partial charge in [-0.2, -0.15) is 0 Å². The number of hydrogen-bond donors (Lipinski definition) is 1. The highest BCUT2D eigenvalue weighted by atomic mass is 32.1. The van der Waals surface area contributed by atoms with Crippen molar-refractivity contribution >= 4 is 17.2 Å². The van der Waals surface area contributed by atoms with Gasteiger partial charge in [0.2, 0.25) is 5.91 Å². The number of rotatable bonds is 3. The lowest BCUT2D eigenvalue weighted by Gasteiger charge is -2.43. The number of carbonyl (C=O) groups is 1. The van der Waals surface area contributed by atoms with Crippen LogP contribution in [0.3, 0.4) is 0 Å². The SMILES string of the molecule is O=C1CC(c2ccccc2)C2(CCN(Cc3cccs3)CC2)N1. The molecule has 1 amide bonds. The molecule has 2 aromatic rings. The first kappa shape index (κ1) is 14.9. The first-order chi connectivity index (χ1) is 11.3. The van der Waals surface area contributed by atoms with Crippen molar-refractivity contribution in [2.24, 2.45) is 0 Å². The summed E-state index contributed by atoms with van der Waals surface area (Å²) < 4.78 is 0. The smallest absolute Gasteiger partial charge is 0.221 e. The summed E-state index contributed by atoms with van der Waals surface area (Å²) in [6.45, 7) is 3.15. The lowest BCUT2D eigenvalue weighted by Crippen LogP contribution is -2.53. The second-order valence-corrected chi connectivity index (χ2v) is 7.76. The summed E-state index contributed by atoms with van der Waals surface area (Å²) in [7, 11) is 0. The third-order valence-electron chi connectivity index (χ3n) is 5.35. The second-order valence-electron chi connectivity index (χ2n) is 6.73. The number of carbonyl (C=O) groups excluding carboxylic acids is 1. The van der Waals surface area contributed by atoms with Crippen LogP contribution in [0.2, 0.25) is 0 Å². The predicted molar refractivity (Wildman–Crippen MR) is 93.5 cm³/mol. The van der Waals surface area contributed by atoms with Gasteiger partial charge in [-0.1, -0.05) is 36.4 Å². The molecule has 1 aromatic carbocycles. The van der Waals surface area contributed by atoms with Gasteiger partial charge in [-0.25, -0.2) is 0 Å². The van der Waals surface area contributed by atoms with Crippen molar-refractivity contribution in [2.75, 3.05) is 13.1 Å². The van der Waals surface area contributed by atoms with E-state index in [4.69, 9.17) is 0 Å². The third-order valence-corrected chi connectivity index (χ3v) is 6.22. The van der Waals surface area contributed by atoms with Crippen LogP contribution in [0, 0.1) is 0 Å². The van der Waals surface area contributed by atoms with Crippen molar-refractivity contribution in [1.29, 1.82) is 0 Å². The van der Waals surface area contributed by atoms with Crippen LogP contribution in [0.4, 0.5) is 0 Å². The molecule has 1 unspecified atom stereocenters. The Kier molecular flexibility index (Phi) is 3.95. The van der Waals surface area contributed by atoms with Gasteiger partial charge in [0, 0.05) is 42.4 Å². The predicted octanol–water partition coefficient (Wildman–Crippen LogP) is 3.39. The fourth-order valence-corrected chi connectivity index (χ4v) is 4.87. The standard InChI is InChI=1S/C19H22N2OS/c22-18-13-17(15-5-2-1-3-6-15)19(20-18)8-10-21(11-9-19)14-16-7-4-12-23-16/h1-7,12,17H,8-11,13-14H2,(H,20,22). The maximum Gasteiger partial charge on any atom is 0.221 e. The summed E-state index contributed by atoms with van der Waals surface area (Å²) in [5.74, 6) is 0.533. The topological polar surface area (TPSA) is 32.3 Å². The van der Waals surface area contributed by atoms with Crippen LogP contribution in [0.15, 0.2) is 47.8 Å². The van der Waals surface area contributed by atoms with Gasteiger partial charge in [-0.05, 0) is 29.9 Å². The maximum atomic E-state index is 12.1. The number of piperidine rings is 1. The molecule has 1 atom stereocenters. The minimum Gasteiger partial charge on any atom is -0.350 e. The molecule has 2 aliphatic heterocycles. The van der Waals surface area contributed by atoms with Gasteiger partial charge < -0.3 is 5.32 Å². The largest absolute Gasteiger partial charge is 0.350 e. The Labute approximate surface area is 141 Å². The second kappa shape index (κ2) is 6.10. The van der Waals surface area contributed by atoms with Crippen LogP contribution in [-0.2, 0) is 11.3 Å². The number of hydrogen-bond acceptors (Lipinski definition) is 3. The Morgan fingerprint density at radius 1 is 1.13 bits per heavy atom. The van der Waals surface area contributed by atoms with Crippen LogP contribution in [0.5, 0.6) is 0 Å². The summed E-state index contributed by atoms with van der Waals surface area (Å²) in [4.78, 5) is 16.1. The Hall–Kier alpha value is -1.65. The maximum absolute atomic E-state index is 12.1. The minimum atomic E-state index is -0.0373. The molecule has 1 spiro atoms. The van der Waals surface area contributed by atoms with E-state index in [0.717, 1.165) is 32.5 Å². The van der Waals surface area contributed by atoms with E-state index in [1.165, 1.54) is 10.4 Å². The molecule has 1 N–H and O–H groups in total. The summed E-state index contributed by atoms with van der Waals surface area (Å²) in [5, 5.41) is 5.48. The van der Waals surface area contributed by atoms with E-state index in [-0.39, 0.29) is 11.4 Å². The van der Waals surface area contributed by atoms with Crippen molar-refractivity contribution in [2.45, 2.75) is 37.3 Å². The fraction of sp³-hybridized carbons (Fsp3) is 0.421. The van der Waals surface area contributed by atoms with Gasteiger partial charge in [0.1, 0.15) is 0 Å². The van der Waals surface area contributed by atoms with Gasteiger partial charge in [-0.15, -0.1) is 11.3 Å². The van der Waals surface area contributed by atoms with E-state index in [9.17, 15) is 4.79 Å². The highest BCUT2D eigenvalue weighted by molar-refractivity contribution is 7.09. The molecule has 2 aliphatic rings. The molecule has 0 radical (unpaired) electrons. The zero-order valence-electron chi connectivity index (χ0n) is 13.2. The summed E-state index contributed by atoms with van der Waals surface area (Å²) >= 11 is 1.83. The number of amides is 1. The van der Waals surface area contributed by atoms with Crippen LogP contribution in [-0.4, -0.2) is 29.4 Å². The van der Waals surface area contributed by atoms with Crippen molar-refractivity contribution < 1.29 is 4.79 Å². The molecule has 2 saturated heterocycles. The first-order valence-corrected chi connectivity index (χ1v) is 9.24. The molecule has 1 aromatic heterocycles. The van der Waals surface area contributed by atoms with E-state index in [2.05, 4.69) is 52.0 Å². The third kappa shape index (κ3) is 2.93. The van der Waals surface area contributed by atoms with Crippen LogP contribution < -0.4 is 5.32 Å². The van der Waals surface area contributed by atoms with Crippen LogP contribution in [0.25, 0.3) is 0 Å². The molecule has 0 saturated carbocycles. The lowest BCUT2D eigenvalue weighted by atomic mass is 9.74. The molecular weight excluding hydrogens is 304 g/mol. The van der Waals surface area contributed by atoms with Crippen molar-refractivity contribution in [1.82, 2.24) is 10.2 Å². The van der Waals surface area contributed by atoms with Crippen molar-refractivity contribution in [3.05, 3.63) is 58.3 Å². The molecule has 4 heteroatoms. The van der Waals surface area contributed by atoms with Gasteiger partial charge >= 0.3 is 0 Å². The number of nitrogens with one attached hydrogen (secondary N) is 1. The molecule has 2 fully saturated rings. The minimum absolute atomic E-state index is 0.0373. The van der Waals surface area contributed by atoms with Crippen molar-refractivity contribution in [3.8, 4) is 0 Å². The number of thiophene rings is 1. The monoisotopic (exact) mass is 326 g/mol. The summed E-state index contributed by atoms with van der Waals surface area (Å²) in [6, 6.07) is 14.9. The number of nitrogens with zero attached hydrogens (tertiary/aromatic N) is 1. The Morgan fingerprint density at radius 3 is 2.61 bits per heavy atom. The average Bonchev–Trinajstić information content (AvgIpc) is 3.19. The van der Waals surface area contributed by atoms with Gasteiger partial charge in [0.15, 0.2) is 0 Å². The summed E-state index contributed by atoms with van der Waals surface area (Å²) in [6.07, 6.45) is 2.72. The van der Waals surface area contributed by atoms with E-state index < -0.39 is 0 Å². The highest BCUT2D eigenvalue weighted by Gasteiger charge is 2.48. The lowest BCUT2D eigenvalue weighted by molar-refractivity contribution is -0.120. The van der Waals surface area contributed by atoms with Gasteiger partial charge in [0.05, 0.1) is 0 Å². The van der Waals surface area contributed by atoms with E-state index in [1.54, 1.807) is 0 Å². The molecule has 120 valence electrons. The van der Waals surface area contributed by atoms with Crippen molar-refractivity contribution in [3.63, 3.8) is 0 Å². The van der Waals surface area contributed by atoms with E-state index in [0.29, 0.717) is 12.3 Å². The molecule has 0 aliphatic carbocycles. The van der Waals surface area contributed by atoms with Crippen LogP contribution >= 0.6 is 11.3 Å². The molecular formula is C19H22N2OS. The molecule has 3 nitrogen and oxygen atoms in total. The Balaban J connectivity index is 1.49. The Morgan fingerprint density at radius 2 is 1.91 bits per heavy atom. The molecule has 4 rings (SSSR count). The summed E-state index contributed by atoms with van der Waals surface area (Å²) in [5.41, 5.74) is 1.27. The fourth-order valence-electron chi connectivity index (χ4n) is 4.13. The quantitative estimate of drug-likeness (QED) is 0.938. The Bertz CT molecular complexity index is 660. The number of likely N-dealkylation sites (tertiary alicyclic amines) is 1. The molecule has 0 bridgehead atoms. The highest BCUT2D eigenvalue weighted by Crippen LogP contribution is 2.43. The number of benzene rings is 1. The van der Waals surface area contributed by atoms with E-state index in [1.807, 2.05) is 17.4 Å². The molecule has 23 heavy (non-hydrogen) atoms. The zero-order valence-corrected chi connectivity index (χ0v) is 14.0. The average molecular weight is 326 g/mol. The van der Waals surface area contributed by atoms with Gasteiger partial charge in [0.25, 0.3) is 0 Å². The zero-order chi connectivity index (χ0) is 15.7. The van der Waals surface area contributed by atoms with Gasteiger partial charge in [-0.3, -0.25) is 9.69 Å². The normalized spacial score (nSPS) is 24.0. The molecule has 3 heterocycles. The van der Waals surface area contributed by atoms with E-state index >= 15 is 0 Å².